The van der Waals surface area contributed by atoms with E-state index in [1.165, 1.54) is 5.56 Å². The molecule has 1 saturated carbocycles. The summed E-state index contributed by atoms with van der Waals surface area (Å²) < 4.78 is 20.0. The van der Waals surface area contributed by atoms with Gasteiger partial charge in [0.1, 0.15) is 28.7 Å². The number of amides is 5. The third-order valence-electron chi connectivity index (χ3n) is 11.3. The van der Waals surface area contributed by atoms with Gasteiger partial charge in [0.05, 0.1) is 19.3 Å². The molecule has 1 aliphatic carbocycles. The molecule has 3 atom stereocenters. The summed E-state index contributed by atoms with van der Waals surface area (Å²) in [7, 11) is 0. The lowest BCUT2D eigenvalue weighted by atomic mass is 9.96. The number of hydrogen-bond donors (Lipinski definition) is 10. The highest BCUT2D eigenvalue weighted by molar-refractivity contribution is 6.05. The molecule has 440 valence electrons. The van der Waals surface area contributed by atoms with E-state index in [-0.39, 0.29) is 35.1 Å². The zero-order chi connectivity index (χ0) is 60.7. The highest BCUT2D eigenvalue weighted by atomic mass is 16.6. The molecule has 5 amide bonds. The number of carbonyl (C=O) groups excluding carboxylic acids is 6. The van der Waals surface area contributed by atoms with E-state index in [1.807, 2.05) is 77.1 Å². The maximum absolute atomic E-state index is 12.7. The molecule has 0 heterocycles. The van der Waals surface area contributed by atoms with Crippen molar-refractivity contribution in [3.05, 3.63) is 142 Å². The van der Waals surface area contributed by atoms with Gasteiger partial charge < -0.3 is 45.7 Å². The molecule has 11 N–H and O–H groups in total. The fourth-order valence-electron chi connectivity index (χ4n) is 7.36. The molecule has 0 aromatic heterocycles. The average Bonchev–Trinajstić information content (AvgIpc) is 3.91. The Morgan fingerprint density at radius 3 is 1.42 bits per heavy atom. The van der Waals surface area contributed by atoms with Crippen LogP contribution in [0.5, 0.6) is 0 Å². The lowest BCUT2D eigenvalue weighted by molar-refractivity contribution is -0.134. The molecule has 0 aliphatic heterocycles. The number of hydrogen-bond acceptors (Lipinski definition) is 14. The van der Waals surface area contributed by atoms with E-state index in [2.05, 4.69) is 38.7 Å². The highest BCUT2D eigenvalue weighted by Gasteiger charge is 2.32. The molecule has 0 bridgehead atoms. The van der Waals surface area contributed by atoms with Crippen molar-refractivity contribution < 1.29 is 57.6 Å². The highest BCUT2D eigenvalue weighted by Crippen LogP contribution is 2.38. The number of alkyl carbamates (subject to hydrolysis) is 4. The van der Waals surface area contributed by atoms with Crippen LogP contribution >= 0.6 is 0 Å². The van der Waals surface area contributed by atoms with Gasteiger partial charge in [-0.25, -0.2) is 19.2 Å². The summed E-state index contributed by atoms with van der Waals surface area (Å²) in [5.41, 5.74) is 10.1. The fraction of sp³-hybridized carbons (Fsp3) is 0.433. The van der Waals surface area contributed by atoms with Gasteiger partial charge in [-0.15, -0.1) is 0 Å². The molecule has 4 aromatic rings. The number of amidine groups is 3. The molecule has 5 rings (SSSR count). The third kappa shape index (κ3) is 29.8. The van der Waals surface area contributed by atoms with Gasteiger partial charge in [-0.3, -0.25) is 41.2 Å². The summed E-state index contributed by atoms with van der Waals surface area (Å²) in [5, 5.41) is 43.5. The second-order valence-electron chi connectivity index (χ2n) is 20.8. The van der Waals surface area contributed by atoms with Crippen LogP contribution in [0.4, 0.5) is 19.2 Å². The minimum Gasteiger partial charge on any atom is -0.481 e. The van der Waals surface area contributed by atoms with Crippen molar-refractivity contribution in [1.82, 2.24) is 26.6 Å². The minimum absolute atomic E-state index is 0.00638. The predicted octanol–water partition coefficient (Wildman–Crippen LogP) is 10.00. The quantitative estimate of drug-likeness (QED) is 0.0252. The van der Waals surface area contributed by atoms with Crippen LogP contribution in [0.25, 0.3) is 0 Å². The van der Waals surface area contributed by atoms with Gasteiger partial charge in [-0.05, 0) is 115 Å². The Balaban J connectivity index is 0.000000424. The number of nitrogens with two attached hydrogens (primary N) is 1. The number of carboxylic acids is 1. The summed E-state index contributed by atoms with van der Waals surface area (Å²) in [6, 6.07) is 30.9. The van der Waals surface area contributed by atoms with Gasteiger partial charge in [-0.1, -0.05) is 117 Å². The number of carboxylic acid groups (broad SMARTS) is 1. The van der Waals surface area contributed by atoms with E-state index in [1.54, 1.807) is 76.2 Å². The van der Waals surface area contributed by atoms with Crippen LogP contribution in [0, 0.1) is 22.1 Å². The number of aryl methyl sites for hydroxylation is 1. The van der Waals surface area contributed by atoms with Crippen molar-refractivity contribution >= 4 is 59.5 Å². The standard InChI is InChI=1S/C28H35N3O4.C17H25N3O4.C13H19N3O2.C2H4O2/c1-3-17-35-28(34)31-26(29)22-12-9-20(10-13-22)11-16-25(32)19(2)30-27(33)24-15-14-23(18-24)21-7-5-4-6-8-21;1-5-10-23-16(22)20-14(18)13-8-6-12(7-9-13)11-19-15(21)24-17(2,3)4;1-13(2,3)18-12(17)16-8-9-4-6-10(7-5-9)11(14)15;1-2(3)4/h4-10,12-13,19,23-24H,3,11,14-18H2,1-2H3,(H,30,33)(H2,29,31,34);6-9H,5,10-11H2,1-4H3,(H,19,21)(H2,18,20,22);4-7H,8H2,1-3H3,(H3,14,15)(H,16,17);1H3,(H,3,4)/t19-,23+,24+;;;/m0.../s1. The maximum atomic E-state index is 12.7. The number of Topliss-reactive ketones (excluding diaryl/α,β-unsaturated/α-hetero) is 1. The van der Waals surface area contributed by atoms with E-state index < -0.39 is 47.6 Å². The SMILES string of the molecule is CC(=O)O.CC(C)(C)OC(=O)NCc1ccc(C(=N)N)cc1.CCCOC(=O)NC(=N)c1ccc(CCC(=O)[C@H](C)NC(=O)[C@@H]2CC[C@@H](c3ccccc3)C2)cc1.CCCOC(=O)NC(=N)c1ccc(CNC(=O)OC(C)(C)C)cc1. The van der Waals surface area contributed by atoms with Crippen LogP contribution in [0.15, 0.2) is 103 Å². The van der Waals surface area contributed by atoms with Crippen LogP contribution in [-0.4, -0.2) is 95.1 Å². The molecule has 0 saturated heterocycles. The van der Waals surface area contributed by atoms with Gasteiger partial charge in [0.25, 0.3) is 5.97 Å². The zero-order valence-corrected chi connectivity index (χ0v) is 48.3. The first kappa shape index (κ1) is 68.5. The largest absolute Gasteiger partial charge is 0.481 e. The summed E-state index contributed by atoms with van der Waals surface area (Å²) in [6.07, 6.45) is 2.74. The zero-order valence-electron chi connectivity index (χ0n) is 48.3. The number of benzene rings is 4. The molecular formula is C60H83N9O12. The minimum atomic E-state index is -0.833. The summed E-state index contributed by atoms with van der Waals surface area (Å²) in [6.45, 7) is 18.8. The second-order valence-corrected chi connectivity index (χ2v) is 20.8. The molecule has 1 fully saturated rings. The van der Waals surface area contributed by atoms with E-state index in [0.29, 0.717) is 68.2 Å². The number of rotatable bonds is 18. The van der Waals surface area contributed by atoms with Crippen molar-refractivity contribution in [2.24, 2.45) is 11.7 Å². The van der Waals surface area contributed by atoms with Crippen LogP contribution in [-0.2, 0) is 52.8 Å². The molecule has 0 radical (unpaired) electrons. The summed E-state index contributed by atoms with van der Waals surface area (Å²) in [5.74, 6) is -0.563. The molecule has 0 spiro atoms. The molecule has 21 nitrogen and oxygen atoms in total. The number of nitrogen functional groups attached to an aromatic ring is 1. The van der Waals surface area contributed by atoms with E-state index >= 15 is 0 Å². The molecule has 21 heteroatoms. The van der Waals surface area contributed by atoms with Crippen molar-refractivity contribution in [1.29, 1.82) is 16.2 Å². The number of ether oxygens (including phenoxy) is 4. The van der Waals surface area contributed by atoms with Crippen LogP contribution in [0.3, 0.4) is 0 Å². The van der Waals surface area contributed by atoms with E-state index in [0.717, 1.165) is 49.3 Å². The Labute approximate surface area is 475 Å². The van der Waals surface area contributed by atoms with Crippen LogP contribution in [0.1, 0.15) is 153 Å². The monoisotopic (exact) mass is 1120 g/mol. The molecule has 0 unspecified atom stereocenters. The third-order valence-corrected chi connectivity index (χ3v) is 11.3. The Hall–Kier alpha value is -8.62. The van der Waals surface area contributed by atoms with E-state index in [9.17, 15) is 28.8 Å². The maximum Gasteiger partial charge on any atom is 0.412 e. The predicted molar refractivity (Wildman–Crippen MR) is 310 cm³/mol. The number of nitrogens with one attached hydrogen (secondary N) is 8. The lowest BCUT2D eigenvalue weighted by Crippen LogP contribution is -2.41. The lowest BCUT2D eigenvalue weighted by Gasteiger charge is -2.19. The molecule has 81 heavy (non-hydrogen) atoms. The smallest absolute Gasteiger partial charge is 0.412 e. The molecular weight excluding hydrogens is 1040 g/mol. The topological polar surface area (TPSA) is 334 Å². The Morgan fingerprint density at radius 2 is 1.02 bits per heavy atom. The van der Waals surface area contributed by atoms with Gasteiger partial charge in [0, 0.05) is 49.0 Å². The van der Waals surface area contributed by atoms with Crippen molar-refractivity contribution in [3.63, 3.8) is 0 Å². The fourth-order valence-corrected chi connectivity index (χ4v) is 7.36. The first-order valence-electron chi connectivity index (χ1n) is 26.8. The van der Waals surface area contributed by atoms with Crippen molar-refractivity contribution in [2.75, 3.05) is 13.2 Å². The van der Waals surface area contributed by atoms with Gasteiger partial charge in [0.2, 0.25) is 5.91 Å². The molecule has 1 aliphatic rings. The van der Waals surface area contributed by atoms with Gasteiger partial charge in [0.15, 0.2) is 5.78 Å². The normalized spacial score (nSPS) is 13.6. The first-order chi connectivity index (χ1) is 38.1. The van der Waals surface area contributed by atoms with Crippen LogP contribution in [0.2, 0.25) is 0 Å². The number of carbonyl (C=O) groups is 7. The summed E-state index contributed by atoms with van der Waals surface area (Å²) in [4.78, 5) is 80.4. The van der Waals surface area contributed by atoms with Crippen molar-refractivity contribution in [2.45, 2.75) is 150 Å². The summed E-state index contributed by atoms with van der Waals surface area (Å²) >= 11 is 0. The Kier molecular flexibility index (Phi) is 29.7. The van der Waals surface area contributed by atoms with Gasteiger partial charge >= 0.3 is 24.4 Å². The second kappa shape index (κ2) is 35.1. The number of ketones is 1. The van der Waals surface area contributed by atoms with Gasteiger partial charge in [-0.2, -0.15) is 0 Å². The van der Waals surface area contributed by atoms with Crippen LogP contribution < -0.4 is 32.3 Å². The Bertz CT molecular complexity index is 2680. The first-order valence-corrected chi connectivity index (χ1v) is 26.8. The molecule has 4 aromatic carbocycles. The average molecular weight is 1120 g/mol. The van der Waals surface area contributed by atoms with Crippen molar-refractivity contribution in [3.8, 4) is 0 Å². The van der Waals surface area contributed by atoms with E-state index in [4.69, 9.17) is 50.8 Å². The Morgan fingerprint density at radius 1 is 0.617 bits per heavy atom. The number of aliphatic carboxylic acids is 1.